The molecule has 1 saturated heterocycles. The molecule has 0 spiro atoms. The lowest BCUT2D eigenvalue weighted by Crippen LogP contribution is -2.48. The minimum Gasteiger partial charge on any atom is -0.344 e. The summed E-state index contributed by atoms with van der Waals surface area (Å²) >= 11 is 1.64. The molecule has 2 heterocycles. The van der Waals surface area contributed by atoms with Crippen molar-refractivity contribution in [2.24, 2.45) is 0 Å². The lowest BCUT2D eigenvalue weighted by molar-refractivity contribution is -0.140. The van der Waals surface area contributed by atoms with Crippen LogP contribution in [-0.2, 0) is 16.0 Å². The van der Waals surface area contributed by atoms with Crippen LogP contribution in [0.5, 0.6) is 0 Å². The van der Waals surface area contributed by atoms with E-state index in [1.807, 2.05) is 39.1 Å². The van der Waals surface area contributed by atoms with Crippen LogP contribution in [0.1, 0.15) is 25.8 Å². The zero-order valence-electron chi connectivity index (χ0n) is 14.6. The first-order valence-electron chi connectivity index (χ1n) is 8.24. The Morgan fingerprint density at radius 1 is 1.42 bits per heavy atom. The van der Waals surface area contributed by atoms with Gasteiger partial charge in [0.25, 0.3) is 5.91 Å². The minimum absolute atomic E-state index is 0.0201. The number of nitrogens with zero attached hydrogens (tertiary/aromatic N) is 3. The van der Waals surface area contributed by atoms with Crippen molar-refractivity contribution in [1.29, 1.82) is 0 Å². The van der Waals surface area contributed by atoms with Gasteiger partial charge in [0, 0.05) is 37.3 Å². The summed E-state index contributed by atoms with van der Waals surface area (Å²) in [7, 11) is 1.81. The summed E-state index contributed by atoms with van der Waals surface area (Å²) in [6.07, 6.45) is 7.04. The summed E-state index contributed by atoms with van der Waals surface area (Å²) in [5.74, 6) is 1.25. The monoisotopic (exact) mass is 347 g/mol. The third kappa shape index (κ3) is 4.60. The second-order valence-electron chi connectivity index (χ2n) is 5.95. The molecule has 6 heteroatoms. The van der Waals surface area contributed by atoms with Crippen LogP contribution in [-0.4, -0.2) is 57.9 Å². The van der Waals surface area contributed by atoms with Gasteiger partial charge < -0.3 is 9.80 Å². The smallest absolute Gasteiger partial charge is 0.250 e. The summed E-state index contributed by atoms with van der Waals surface area (Å²) in [5.41, 5.74) is 1.87. The molecular formula is C18H25N3O2S. The summed E-state index contributed by atoms with van der Waals surface area (Å²) in [6, 6.07) is 3.56. The SMILES string of the molecule is CC/C=C(/C)C(=O)N1CSC[C@H]1C(=O)N(C)CCc1ccncc1. The van der Waals surface area contributed by atoms with Crippen molar-refractivity contribution in [1.82, 2.24) is 14.8 Å². The van der Waals surface area contributed by atoms with Gasteiger partial charge in [-0.05, 0) is 37.5 Å². The molecule has 0 saturated carbocycles. The van der Waals surface area contributed by atoms with Crippen molar-refractivity contribution in [3.05, 3.63) is 41.7 Å². The average molecular weight is 347 g/mol. The minimum atomic E-state index is -0.356. The number of pyridine rings is 1. The van der Waals surface area contributed by atoms with Gasteiger partial charge in [-0.25, -0.2) is 0 Å². The highest BCUT2D eigenvalue weighted by Crippen LogP contribution is 2.24. The Balaban J connectivity index is 1.96. The Hall–Kier alpha value is -1.82. The van der Waals surface area contributed by atoms with E-state index in [1.54, 1.807) is 34.0 Å². The van der Waals surface area contributed by atoms with Crippen LogP contribution in [0.15, 0.2) is 36.2 Å². The molecule has 1 aromatic rings. The van der Waals surface area contributed by atoms with E-state index < -0.39 is 0 Å². The second-order valence-corrected chi connectivity index (χ2v) is 6.95. The first kappa shape index (κ1) is 18.5. The van der Waals surface area contributed by atoms with Crippen LogP contribution >= 0.6 is 11.8 Å². The molecule has 24 heavy (non-hydrogen) atoms. The molecule has 130 valence electrons. The van der Waals surface area contributed by atoms with E-state index in [9.17, 15) is 9.59 Å². The first-order chi connectivity index (χ1) is 11.5. The fraction of sp³-hybridized carbons (Fsp3) is 0.500. The summed E-state index contributed by atoms with van der Waals surface area (Å²) in [4.78, 5) is 32.7. The Bertz CT molecular complexity index is 604. The summed E-state index contributed by atoms with van der Waals surface area (Å²) in [5, 5.41) is 0. The average Bonchev–Trinajstić information content (AvgIpc) is 3.09. The molecule has 1 atom stereocenters. The highest BCUT2D eigenvalue weighted by Gasteiger charge is 2.36. The van der Waals surface area contributed by atoms with E-state index in [-0.39, 0.29) is 17.9 Å². The van der Waals surface area contributed by atoms with E-state index in [4.69, 9.17) is 0 Å². The fourth-order valence-corrected chi connectivity index (χ4v) is 3.82. The lowest BCUT2D eigenvalue weighted by atomic mass is 10.1. The van der Waals surface area contributed by atoms with Gasteiger partial charge in [-0.3, -0.25) is 14.6 Å². The maximum absolute atomic E-state index is 12.7. The maximum Gasteiger partial charge on any atom is 0.250 e. The van der Waals surface area contributed by atoms with Crippen molar-refractivity contribution in [2.75, 3.05) is 25.2 Å². The summed E-state index contributed by atoms with van der Waals surface area (Å²) < 4.78 is 0. The highest BCUT2D eigenvalue weighted by atomic mass is 32.2. The molecule has 1 aliphatic rings. The molecule has 1 fully saturated rings. The number of hydrogen-bond acceptors (Lipinski definition) is 4. The lowest BCUT2D eigenvalue weighted by Gasteiger charge is -2.27. The summed E-state index contributed by atoms with van der Waals surface area (Å²) in [6.45, 7) is 4.46. The number of hydrogen-bond donors (Lipinski definition) is 0. The Morgan fingerprint density at radius 2 is 2.12 bits per heavy atom. The van der Waals surface area contributed by atoms with Gasteiger partial charge in [0.05, 0.1) is 5.88 Å². The van der Waals surface area contributed by atoms with Crippen LogP contribution in [0.2, 0.25) is 0 Å². The zero-order chi connectivity index (χ0) is 17.5. The molecule has 0 aliphatic carbocycles. The number of allylic oxidation sites excluding steroid dienone is 1. The molecule has 1 aliphatic heterocycles. The van der Waals surface area contributed by atoms with Crippen molar-refractivity contribution in [3.63, 3.8) is 0 Å². The van der Waals surface area contributed by atoms with Crippen molar-refractivity contribution < 1.29 is 9.59 Å². The van der Waals surface area contributed by atoms with Crippen molar-refractivity contribution in [3.8, 4) is 0 Å². The predicted molar refractivity (Wildman–Crippen MR) is 97.6 cm³/mol. The molecular weight excluding hydrogens is 322 g/mol. The van der Waals surface area contributed by atoms with Crippen LogP contribution < -0.4 is 0 Å². The van der Waals surface area contributed by atoms with Gasteiger partial charge in [0.2, 0.25) is 5.91 Å². The molecule has 0 bridgehead atoms. The molecule has 5 nitrogen and oxygen atoms in total. The van der Waals surface area contributed by atoms with Crippen molar-refractivity contribution >= 4 is 23.6 Å². The van der Waals surface area contributed by atoms with E-state index >= 15 is 0 Å². The Morgan fingerprint density at radius 3 is 2.79 bits per heavy atom. The molecule has 0 unspecified atom stereocenters. The number of carbonyl (C=O) groups is 2. The van der Waals surface area contributed by atoms with Gasteiger partial charge >= 0.3 is 0 Å². The molecule has 2 rings (SSSR count). The standard InChI is InChI=1S/C18H25N3O2S/c1-4-5-14(2)17(22)21-13-24-12-16(21)18(23)20(3)11-8-15-6-9-19-10-7-15/h5-7,9-10,16H,4,8,11-13H2,1-3H3/b14-5-/t16-/m0/s1. The molecule has 0 aromatic carbocycles. The van der Waals surface area contributed by atoms with Gasteiger partial charge in [-0.1, -0.05) is 13.0 Å². The third-order valence-electron chi connectivity index (χ3n) is 4.14. The number of rotatable bonds is 6. The van der Waals surface area contributed by atoms with Crippen LogP contribution in [0.25, 0.3) is 0 Å². The van der Waals surface area contributed by atoms with E-state index in [0.29, 0.717) is 18.2 Å². The normalized spacial score (nSPS) is 17.9. The first-order valence-corrected chi connectivity index (χ1v) is 9.39. The molecule has 2 amide bonds. The number of likely N-dealkylation sites (N-methyl/N-ethyl adjacent to an activating group) is 1. The van der Waals surface area contributed by atoms with Crippen LogP contribution in [0.4, 0.5) is 0 Å². The topological polar surface area (TPSA) is 53.5 Å². The molecule has 1 aromatic heterocycles. The number of aromatic nitrogens is 1. The number of amides is 2. The van der Waals surface area contributed by atoms with Gasteiger partial charge in [0.15, 0.2) is 0 Å². The fourth-order valence-electron chi connectivity index (χ4n) is 2.68. The number of thioether (sulfide) groups is 1. The van der Waals surface area contributed by atoms with Gasteiger partial charge in [-0.15, -0.1) is 11.8 Å². The maximum atomic E-state index is 12.7. The molecule has 0 radical (unpaired) electrons. The Labute approximate surface area is 148 Å². The van der Waals surface area contributed by atoms with E-state index in [1.165, 1.54) is 0 Å². The van der Waals surface area contributed by atoms with E-state index in [0.717, 1.165) is 24.0 Å². The van der Waals surface area contributed by atoms with Crippen molar-refractivity contribution in [2.45, 2.75) is 32.7 Å². The number of carbonyl (C=O) groups excluding carboxylic acids is 2. The Kier molecular flexibility index (Phi) is 6.85. The molecule has 0 N–H and O–H groups in total. The van der Waals surface area contributed by atoms with E-state index in [2.05, 4.69) is 4.98 Å². The second kappa shape index (κ2) is 8.87. The highest BCUT2D eigenvalue weighted by molar-refractivity contribution is 7.99. The zero-order valence-corrected chi connectivity index (χ0v) is 15.4. The quantitative estimate of drug-likeness (QED) is 0.741. The van der Waals surface area contributed by atoms with Crippen LogP contribution in [0, 0.1) is 0 Å². The van der Waals surface area contributed by atoms with Gasteiger partial charge in [0.1, 0.15) is 6.04 Å². The predicted octanol–water partition coefficient (Wildman–Crippen LogP) is 2.34. The largest absolute Gasteiger partial charge is 0.344 e. The third-order valence-corrected chi connectivity index (χ3v) is 5.15. The van der Waals surface area contributed by atoms with Gasteiger partial charge in [-0.2, -0.15) is 0 Å². The van der Waals surface area contributed by atoms with Crippen LogP contribution in [0.3, 0.4) is 0 Å².